The van der Waals surface area contributed by atoms with Crippen LogP contribution in [0.2, 0.25) is 0 Å². The quantitative estimate of drug-likeness (QED) is 0.820. The van der Waals surface area contributed by atoms with Crippen LogP contribution in [0.25, 0.3) is 0 Å². The zero-order valence-electron chi connectivity index (χ0n) is 11.7. The molecule has 0 saturated carbocycles. The standard InChI is InChI=1S/C13H20FN3O2S/c1-9-12(14)7-11(8-13(9)15)20(18,19)16-10-3-5-17(2)6-4-10/h7-8,10,16H,3-6,15H2,1-2H3. The molecule has 1 fully saturated rings. The molecule has 112 valence electrons. The number of rotatable bonds is 3. The van der Waals surface area contributed by atoms with Gasteiger partial charge in [0.05, 0.1) is 4.90 Å². The van der Waals surface area contributed by atoms with E-state index < -0.39 is 15.8 Å². The minimum absolute atomic E-state index is 0.109. The molecule has 1 saturated heterocycles. The van der Waals surface area contributed by atoms with E-state index in [0.717, 1.165) is 32.0 Å². The smallest absolute Gasteiger partial charge is 0.240 e. The summed E-state index contributed by atoms with van der Waals surface area (Å²) in [5.74, 6) is -0.603. The largest absolute Gasteiger partial charge is 0.398 e. The van der Waals surface area contributed by atoms with Gasteiger partial charge in [-0.1, -0.05) is 0 Å². The van der Waals surface area contributed by atoms with Crippen LogP contribution in [0, 0.1) is 12.7 Å². The van der Waals surface area contributed by atoms with Gasteiger partial charge in [-0.3, -0.25) is 0 Å². The molecule has 3 N–H and O–H groups in total. The van der Waals surface area contributed by atoms with Gasteiger partial charge in [0.1, 0.15) is 5.82 Å². The Morgan fingerprint density at radius 1 is 1.35 bits per heavy atom. The van der Waals surface area contributed by atoms with Crippen LogP contribution < -0.4 is 10.5 Å². The van der Waals surface area contributed by atoms with Crippen molar-refractivity contribution in [2.24, 2.45) is 0 Å². The van der Waals surface area contributed by atoms with Crippen molar-refractivity contribution >= 4 is 15.7 Å². The van der Waals surface area contributed by atoms with Crippen LogP contribution in [-0.2, 0) is 10.0 Å². The highest BCUT2D eigenvalue weighted by atomic mass is 32.2. The Labute approximate surface area is 119 Å². The van der Waals surface area contributed by atoms with Gasteiger partial charge < -0.3 is 10.6 Å². The molecule has 0 amide bonds. The van der Waals surface area contributed by atoms with Crippen LogP contribution in [0.4, 0.5) is 10.1 Å². The summed E-state index contributed by atoms with van der Waals surface area (Å²) in [5.41, 5.74) is 6.04. The van der Waals surface area contributed by atoms with Gasteiger partial charge in [0.2, 0.25) is 10.0 Å². The zero-order chi connectivity index (χ0) is 14.9. The number of nitrogens with one attached hydrogen (secondary N) is 1. The summed E-state index contributed by atoms with van der Waals surface area (Å²) in [6.45, 7) is 3.21. The molecular formula is C13H20FN3O2S. The fourth-order valence-electron chi connectivity index (χ4n) is 2.24. The Morgan fingerprint density at radius 3 is 2.50 bits per heavy atom. The fraction of sp³-hybridized carbons (Fsp3) is 0.538. The Hall–Kier alpha value is -1.18. The van der Waals surface area contributed by atoms with Crippen LogP contribution >= 0.6 is 0 Å². The molecule has 1 aromatic carbocycles. The molecule has 0 atom stereocenters. The topological polar surface area (TPSA) is 75.4 Å². The third-order valence-corrected chi connectivity index (χ3v) is 5.21. The lowest BCUT2D eigenvalue weighted by molar-refractivity contribution is 0.248. The van der Waals surface area contributed by atoms with Crippen LogP contribution in [0.1, 0.15) is 18.4 Å². The first-order chi connectivity index (χ1) is 9.29. The lowest BCUT2D eigenvalue weighted by Gasteiger charge is -2.29. The Balaban J connectivity index is 2.18. The van der Waals surface area contributed by atoms with Crippen LogP contribution in [0.3, 0.4) is 0 Å². The molecule has 0 aliphatic carbocycles. The third kappa shape index (κ3) is 3.28. The molecule has 0 unspecified atom stereocenters. The Morgan fingerprint density at radius 2 is 1.95 bits per heavy atom. The number of benzene rings is 1. The normalized spacial score (nSPS) is 18.4. The molecule has 20 heavy (non-hydrogen) atoms. The molecule has 7 heteroatoms. The van der Waals surface area contributed by atoms with Crippen LogP contribution in [0.5, 0.6) is 0 Å². The lowest BCUT2D eigenvalue weighted by atomic mass is 10.1. The summed E-state index contributed by atoms with van der Waals surface area (Å²) < 4.78 is 40.8. The number of anilines is 1. The van der Waals surface area contributed by atoms with Gasteiger partial charge >= 0.3 is 0 Å². The number of nitrogen functional groups attached to an aromatic ring is 1. The van der Waals surface area contributed by atoms with E-state index in [4.69, 9.17) is 5.73 Å². The number of nitrogens with zero attached hydrogens (tertiary/aromatic N) is 1. The molecule has 2 rings (SSSR count). The van der Waals surface area contributed by atoms with Gasteiger partial charge in [0, 0.05) is 17.3 Å². The van der Waals surface area contributed by atoms with E-state index in [0.29, 0.717) is 0 Å². The number of hydrogen-bond acceptors (Lipinski definition) is 4. The number of nitrogens with two attached hydrogens (primary N) is 1. The molecule has 1 aliphatic heterocycles. The van der Waals surface area contributed by atoms with Crippen molar-refractivity contribution in [1.82, 2.24) is 9.62 Å². The summed E-state index contributed by atoms with van der Waals surface area (Å²) in [6.07, 6.45) is 1.50. The monoisotopic (exact) mass is 301 g/mol. The van der Waals surface area contributed by atoms with E-state index in [9.17, 15) is 12.8 Å². The summed E-state index contributed by atoms with van der Waals surface area (Å²) in [4.78, 5) is 2.03. The molecule has 1 aliphatic rings. The van der Waals surface area contributed by atoms with Crippen LogP contribution in [0.15, 0.2) is 17.0 Å². The van der Waals surface area contributed by atoms with Gasteiger partial charge in [-0.05, 0) is 52.0 Å². The van der Waals surface area contributed by atoms with Crippen molar-refractivity contribution in [2.45, 2.75) is 30.7 Å². The van der Waals surface area contributed by atoms with Crippen molar-refractivity contribution in [3.05, 3.63) is 23.5 Å². The van der Waals surface area contributed by atoms with Crippen molar-refractivity contribution in [3.8, 4) is 0 Å². The van der Waals surface area contributed by atoms with E-state index in [2.05, 4.69) is 9.62 Å². The minimum Gasteiger partial charge on any atom is -0.398 e. The molecular weight excluding hydrogens is 281 g/mol. The van der Waals surface area contributed by atoms with E-state index in [-0.39, 0.29) is 22.2 Å². The van der Waals surface area contributed by atoms with Crippen LogP contribution in [-0.4, -0.2) is 39.5 Å². The highest BCUT2D eigenvalue weighted by molar-refractivity contribution is 7.89. The summed E-state index contributed by atoms with van der Waals surface area (Å²) in [7, 11) is -1.73. The number of hydrogen-bond donors (Lipinski definition) is 2. The van der Waals surface area contributed by atoms with Gasteiger partial charge in [-0.25, -0.2) is 17.5 Å². The molecule has 5 nitrogen and oxygen atoms in total. The minimum atomic E-state index is -3.73. The first kappa shape index (κ1) is 15.2. The van der Waals surface area contributed by atoms with Gasteiger partial charge in [-0.15, -0.1) is 0 Å². The predicted molar refractivity (Wildman–Crippen MR) is 76.4 cm³/mol. The zero-order valence-corrected chi connectivity index (χ0v) is 12.5. The molecule has 0 radical (unpaired) electrons. The van der Waals surface area contributed by atoms with E-state index in [1.54, 1.807) is 0 Å². The number of halogens is 1. The van der Waals surface area contributed by atoms with Crippen molar-refractivity contribution in [2.75, 3.05) is 25.9 Å². The fourth-order valence-corrected chi connectivity index (χ4v) is 3.59. The second-order valence-electron chi connectivity index (χ2n) is 5.32. The molecule has 0 aromatic heterocycles. The first-order valence-corrected chi connectivity index (χ1v) is 8.04. The van der Waals surface area contributed by atoms with Gasteiger partial charge in [-0.2, -0.15) is 0 Å². The van der Waals surface area contributed by atoms with Gasteiger partial charge in [0.15, 0.2) is 0 Å². The van der Waals surface area contributed by atoms with Gasteiger partial charge in [0.25, 0.3) is 0 Å². The van der Waals surface area contributed by atoms with E-state index in [1.807, 2.05) is 7.05 Å². The highest BCUT2D eigenvalue weighted by Gasteiger charge is 2.24. The maximum atomic E-state index is 13.6. The lowest BCUT2D eigenvalue weighted by Crippen LogP contribution is -2.43. The average Bonchev–Trinajstić information content (AvgIpc) is 2.38. The predicted octanol–water partition coefficient (Wildman–Crippen LogP) is 1.09. The second kappa shape index (κ2) is 5.67. The molecule has 1 heterocycles. The third-order valence-electron chi connectivity index (χ3n) is 3.71. The SMILES string of the molecule is Cc1c(N)cc(S(=O)(=O)NC2CCN(C)CC2)cc1F. The Kier molecular flexibility index (Phi) is 4.31. The van der Waals surface area contributed by atoms with Crippen molar-refractivity contribution in [1.29, 1.82) is 0 Å². The number of sulfonamides is 1. The second-order valence-corrected chi connectivity index (χ2v) is 7.03. The maximum Gasteiger partial charge on any atom is 0.240 e. The van der Waals surface area contributed by atoms with Crippen molar-refractivity contribution < 1.29 is 12.8 Å². The molecule has 0 spiro atoms. The summed E-state index contributed by atoms with van der Waals surface area (Å²) >= 11 is 0. The number of likely N-dealkylation sites (tertiary alicyclic amines) is 1. The highest BCUT2D eigenvalue weighted by Crippen LogP contribution is 2.22. The maximum absolute atomic E-state index is 13.6. The average molecular weight is 301 g/mol. The number of piperidine rings is 1. The Bertz CT molecular complexity index is 573. The molecule has 0 bridgehead atoms. The summed E-state index contributed by atoms with van der Waals surface area (Å²) in [6, 6.07) is 2.21. The van der Waals surface area contributed by atoms with E-state index in [1.165, 1.54) is 13.0 Å². The van der Waals surface area contributed by atoms with E-state index >= 15 is 0 Å². The van der Waals surface area contributed by atoms with Crippen molar-refractivity contribution in [3.63, 3.8) is 0 Å². The first-order valence-electron chi connectivity index (χ1n) is 6.56. The summed E-state index contributed by atoms with van der Waals surface area (Å²) in [5, 5.41) is 0. The molecule has 1 aromatic rings.